The predicted octanol–water partition coefficient (Wildman–Crippen LogP) is 7.02. The summed E-state index contributed by atoms with van der Waals surface area (Å²) in [5.41, 5.74) is 0. The average Bonchev–Trinajstić information content (AvgIpc) is 3.10. The second-order valence-corrected chi connectivity index (χ2v) is 8.68. The lowest BCUT2D eigenvalue weighted by Gasteiger charge is -2.03. The highest BCUT2D eigenvalue weighted by molar-refractivity contribution is 5.73. The molecule has 3 heteroatoms. The molecule has 162 valence electrons. The highest BCUT2D eigenvalue weighted by atomic mass is 16.1. The van der Waals surface area contributed by atoms with Gasteiger partial charge in [-0.2, -0.15) is 0 Å². The maximum atomic E-state index is 11.1. The summed E-state index contributed by atoms with van der Waals surface area (Å²) in [6.45, 7) is 5.50. The summed E-state index contributed by atoms with van der Waals surface area (Å²) >= 11 is 0. The molecule has 1 aromatic heterocycles. The Morgan fingerprint density at radius 2 is 1.14 bits per heavy atom. The Labute approximate surface area is 174 Å². The summed E-state index contributed by atoms with van der Waals surface area (Å²) < 4.78 is 4.17. The molecule has 0 radical (unpaired) electrons. The van der Waals surface area contributed by atoms with Gasteiger partial charge in [-0.3, -0.25) is 4.79 Å². The van der Waals surface area contributed by atoms with Crippen molar-refractivity contribution in [1.82, 2.24) is 4.57 Å². The maximum Gasteiger partial charge on any atom is 0.244 e. The predicted molar refractivity (Wildman–Crippen MR) is 119 cm³/mol. The first kappa shape index (κ1) is 24.9. The number of hydrogen-bond acceptors (Lipinski definition) is 1. The van der Waals surface area contributed by atoms with Gasteiger partial charge in [0.05, 0.1) is 6.54 Å². The van der Waals surface area contributed by atoms with E-state index in [0.717, 1.165) is 6.54 Å². The second-order valence-electron chi connectivity index (χ2n) is 8.68. The van der Waals surface area contributed by atoms with Crippen molar-refractivity contribution < 1.29 is 9.36 Å². The van der Waals surface area contributed by atoms with Crippen LogP contribution in [0.1, 0.15) is 123 Å². The van der Waals surface area contributed by atoms with E-state index < -0.39 is 0 Å². The summed E-state index contributed by atoms with van der Waals surface area (Å²) in [5.74, 6) is 0.209. The van der Waals surface area contributed by atoms with Crippen LogP contribution in [0.3, 0.4) is 0 Å². The first-order valence-corrected chi connectivity index (χ1v) is 12.3. The lowest BCUT2D eigenvalue weighted by Crippen LogP contribution is -2.34. The fraction of sp³-hybridized carbons (Fsp3) is 0.840. The zero-order valence-electron chi connectivity index (χ0n) is 19.0. The Balaban J connectivity index is 1.77. The van der Waals surface area contributed by atoms with Gasteiger partial charge in [0.1, 0.15) is 18.9 Å². The van der Waals surface area contributed by atoms with Crippen molar-refractivity contribution >= 4 is 5.78 Å². The van der Waals surface area contributed by atoms with Crippen LogP contribution in [-0.2, 0) is 17.9 Å². The summed E-state index contributed by atoms with van der Waals surface area (Å²) in [4.78, 5) is 11.1. The molecule has 0 aromatic carbocycles. The number of nitrogens with zero attached hydrogens (tertiary/aromatic N) is 2. The van der Waals surface area contributed by atoms with E-state index >= 15 is 0 Å². The van der Waals surface area contributed by atoms with Crippen molar-refractivity contribution in [2.45, 2.75) is 136 Å². The monoisotopic (exact) mass is 391 g/mol. The molecular weight excluding hydrogens is 344 g/mol. The molecule has 0 aliphatic rings. The van der Waals surface area contributed by atoms with Gasteiger partial charge in [-0.05, 0) is 19.8 Å². The smallest absolute Gasteiger partial charge is 0.244 e. The van der Waals surface area contributed by atoms with Crippen molar-refractivity contribution in [3.8, 4) is 0 Å². The molecule has 0 saturated heterocycles. The minimum Gasteiger partial charge on any atom is -0.296 e. The van der Waals surface area contributed by atoms with Gasteiger partial charge in [0, 0.05) is 0 Å². The van der Waals surface area contributed by atoms with E-state index in [4.69, 9.17) is 0 Å². The van der Waals surface area contributed by atoms with Crippen LogP contribution in [0.4, 0.5) is 0 Å². The number of unbranched alkanes of at least 4 members (excludes halogenated alkanes) is 16. The molecule has 3 nitrogen and oxygen atoms in total. The Morgan fingerprint density at radius 3 is 1.57 bits per heavy atom. The van der Waals surface area contributed by atoms with Gasteiger partial charge in [0.15, 0.2) is 5.78 Å². The van der Waals surface area contributed by atoms with E-state index in [1.807, 2.05) is 17.1 Å². The van der Waals surface area contributed by atoms with Crippen molar-refractivity contribution in [3.63, 3.8) is 0 Å². The summed E-state index contributed by atoms with van der Waals surface area (Å²) in [6, 6.07) is 0. The van der Waals surface area contributed by atoms with Crippen molar-refractivity contribution in [3.05, 3.63) is 18.7 Å². The van der Waals surface area contributed by atoms with Gasteiger partial charge in [-0.1, -0.05) is 103 Å². The molecule has 0 bridgehead atoms. The highest BCUT2D eigenvalue weighted by Gasteiger charge is 2.05. The van der Waals surface area contributed by atoms with E-state index in [-0.39, 0.29) is 5.78 Å². The first-order valence-electron chi connectivity index (χ1n) is 12.3. The molecular formula is C25H47N2O+. The Morgan fingerprint density at radius 1 is 0.714 bits per heavy atom. The van der Waals surface area contributed by atoms with Crippen LogP contribution >= 0.6 is 0 Å². The third-order valence-corrected chi connectivity index (χ3v) is 5.67. The van der Waals surface area contributed by atoms with E-state index in [0.29, 0.717) is 6.54 Å². The fourth-order valence-corrected chi connectivity index (χ4v) is 3.94. The van der Waals surface area contributed by atoms with E-state index in [1.165, 1.54) is 109 Å². The van der Waals surface area contributed by atoms with Crippen molar-refractivity contribution in [2.75, 3.05) is 0 Å². The molecule has 0 amide bonds. The normalized spacial score (nSPS) is 11.2. The minimum absolute atomic E-state index is 0.209. The van der Waals surface area contributed by atoms with E-state index in [2.05, 4.69) is 17.7 Å². The third kappa shape index (κ3) is 14.9. The SMILES string of the molecule is CCCCCCCCCCCCCCCCCCCn1cc[n+](CC(C)=O)c1. The number of ketones is 1. The minimum atomic E-state index is 0.209. The molecule has 0 aliphatic heterocycles. The molecule has 1 aromatic rings. The highest BCUT2D eigenvalue weighted by Crippen LogP contribution is 2.14. The third-order valence-electron chi connectivity index (χ3n) is 5.67. The number of carbonyl (C=O) groups excluding carboxylic acids is 1. The number of imidazole rings is 1. The molecule has 0 N–H and O–H groups in total. The largest absolute Gasteiger partial charge is 0.296 e. The topological polar surface area (TPSA) is 25.9 Å². The van der Waals surface area contributed by atoms with E-state index in [1.54, 1.807) is 6.92 Å². The van der Waals surface area contributed by atoms with Crippen LogP contribution < -0.4 is 4.57 Å². The van der Waals surface area contributed by atoms with Crippen LogP contribution in [0, 0.1) is 0 Å². The van der Waals surface area contributed by atoms with Crippen LogP contribution in [0.2, 0.25) is 0 Å². The molecule has 1 rings (SSSR count). The molecule has 1 heterocycles. The lowest BCUT2D eigenvalue weighted by molar-refractivity contribution is -0.683. The first-order chi connectivity index (χ1) is 13.7. The molecule has 0 unspecified atom stereocenters. The fourth-order valence-electron chi connectivity index (χ4n) is 3.94. The molecule has 0 spiro atoms. The number of aromatic nitrogens is 2. The number of aryl methyl sites for hydroxylation is 1. The van der Waals surface area contributed by atoms with E-state index in [9.17, 15) is 4.79 Å². The van der Waals surface area contributed by atoms with Crippen LogP contribution in [-0.4, -0.2) is 10.4 Å². The molecule has 0 fully saturated rings. The molecule has 0 atom stereocenters. The molecule has 0 aliphatic carbocycles. The number of rotatable bonds is 20. The van der Waals surface area contributed by atoms with Crippen LogP contribution in [0.15, 0.2) is 18.7 Å². The van der Waals surface area contributed by atoms with Crippen molar-refractivity contribution in [2.24, 2.45) is 0 Å². The standard InChI is InChI=1S/C25H47N2O/c1-3-4-5-6-7-8-9-10-11-12-13-14-15-16-17-18-19-20-26-21-22-27(24-26)23-25(2)28/h21-22,24H,3-20,23H2,1-2H3/q+1. The van der Waals surface area contributed by atoms with Crippen LogP contribution in [0.5, 0.6) is 0 Å². The van der Waals surface area contributed by atoms with Gasteiger partial charge < -0.3 is 0 Å². The Bertz CT molecular complexity index is 481. The van der Waals surface area contributed by atoms with Gasteiger partial charge in [0.25, 0.3) is 0 Å². The zero-order chi connectivity index (χ0) is 20.3. The molecule has 0 saturated carbocycles. The molecule has 28 heavy (non-hydrogen) atoms. The van der Waals surface area contributed by atoms with Gasteiger partial charge >= 0.3 is 0 Å². The lowest BCUT2D eigenvalue weighted by atomic mass is 10.0. The second kappa shape index (κ2) is 17.9. The maximum absolute atomic E-state index is 11.1. The number of Topliss-reactive ketones (excluding diaryl/α,β-unsaturated/α-hetero) is 1. The van der Waals surface area contributed by atoms with Crippen molar-refractivity contribution in [1.29, 1.82) is 0 Å². The van der Waals surface area contributed by atoms with Gasteiger partial charge in [-0.25, -0.2) is 9.13 Å². The summed E-state index contributed by atoms with van der Waals surface area (Å²) in [6.07, 6.45) is 30.2. The number of carbonyl (C=O) groups is 1. The Kier molecular flexibility index (Phi) is 16.0. The summed E-state index contributed by atoms with van der Waals surface area (Å²) in [7, 11) is 0. The zero-order valence-corrected chi connectivity index (χ0v) is 19.0. The van der Waals surface area contributed by atoms with Gasteiger partial charge in [-0.15, -0.1) is 0 Å². The quantitative estimate of drug-likeness (QED) is 0.173. The summed E-state index contributed by atoms with van der Waals surface area (Å²) in [5, 5.41) is 0. The number of hydrogen-bond donors (Lipinski definition) is 0. The van der Waals surface area contributed by atoms with Crippen LogP contribution in [0.25, 0.3) is 0 Å². The average molecular weight is 392 g/mol. The Hall–Kier alpha value is -1.12. The van der Waals surface area contributed by atoms with Gasteiger partial charge in [0.2, 0.25) is 6.33 Å².